The molecule has 0 saturated heterocycles. The Balaban J connectivity index is 3.48. The van der Waals surface area contributed by atoms with Gasteiger partial charge in [0.1, 0.15) is 0 Å². The lowest BCUT2D eigenvalue weighted by molar-refractivity contribution is 0.00173. The fourth-order valence-electron chi connectivity index (χ4n) is 0.869. The average molecular weight is 172 g/mol. The van der Waals surface area contributed by atoms with Crippen LogP contribution in [-0.4, -0.2) is 24.4 Å². The fraction of sp³-hybridized carbons (Fsp3) is 0.800. The molecule has 0 aliphatic carbocycles. The molecular weight excluding hydrogens is 152 g/mol. The van der Waals surface area contributed by atoms with Gasteiger partial charge in [0, 0.05) is 7.11 Å². The summed E-state index contributed by atoms with van der Waals surface area (Å²) in [6, 6.07) is 0. The predicted molar refractivity (Wildman–Crippen MR) is 51.1 cm³/mol. The summed E-state index contributed by atoms with van der Waals surface area (Å²) in [7, 11) is 1.61. The maximum absolute atomic E-state index is 9.44. The van der Waals surface area contributed by atoms with Crippen molar-refractivity contribution >= 4 is 0 Å². The molecule has 0 fully saturated rings. The molecule has 0 bridgehead atoms. The Morgan fingerprint density at radius 2 is 2.08 bits per heavy atom. The second kappa shape index (κ2) is 7.32. The van der Waals surface area contributed by atoms with E-state index in [1.807, 2.05) is 13.0 Å². The number of ether oxygens (including phenoxy) is 1. The first-order chi connectivity index (χ1) is 5.72. The molecule has 72 valence electrons. The highest BCUT2D eigenvalue weighted by atomic mass is 16.5. The maximum Gasteiger partial charge on any atom is 0.0833 e. The number of hydrogen-bond acceptors (Lipinski definition) is 2. The van der Waals surface area contributed by atoms with Crippen LogP contribution in [0.1, 0.15) is 33.1 Å². The predicted octanol–water partition coefficient (Wildman–Crippen LogP) is 2.13. The minimum atomic E-state index is -0.372. The molecule has 2 nitrogen and oxygen atoms in total. The second-order valence-electron chi connectivity index (χ2n) is 3.00. The van der Waals surface area contributed by atoms with Crippen LogP contribution in [0.3, 0.4) is 0 Å². The Bertz CT molecular complexity index is 121. The molecule has 0 spiro atoms. The molecule has 0 radical (unpaired) electrons. The highest BCUT2D eigenvalue weighted by Crippen LogP contribution is 2.03. The van der Waals surface area contributed by atoms with Crippen LogP contribution >= 0.6 is 0 Å². The zero-order valence-corrected chi connectivity index (χ0v) is 8.29. The molecule has 0 aromatic heterocycles. The van der Waals surface area contributed by atoms with Gasteiger partial charge in [-0.05, 0) is 19.8 Å². The molecule has 0 aliphatic heterocycles. The summed E-state index contributed by atoms with van der Waals surface area (Å²) in [5.41, 5.74) is 0. The number of aliphatic hydroxyl groups excluding tert-OH is 1. The van der Waals surface area contributed by atoms with E-state index in [1.165, 1.54) is 0 Å². The molecule has 2 heteroatoms. The molecule has 0 aliphatic rings. The number of aliphatic hydroxyl groups is 1. The third kappa shape index (κ3) is 5.33. The molecule has 0 saturated carbocycles. The molecule has 0 aromatic carbocycles. The van der Waals surface area contributed by atoms with Gasteiger partial charge in [-0.1, -0.05) is 25.5 Å². The van der Waals surface area contributed by atoms with Gasteiger partial charge < -0.3 is 9.84 Å². The van der Waals surface area contributed by atoms with Gasteiger partial charge in [0.25, 0.3) is 0 Å². The molecule has 2 atom stereocenters. The Morgan fingerprint density at radius 3 is 2.58 bits per heavy atom. The highest BCUT2D eigenvalue weighted by Gasteiger charge is 2.10. The van der Waals surface area contributed by atoms with Gasteiger partial charge in [-0.25, -0.2) is 0 Å². The van der Waals surface area contributed by atoms with Crippen molar-refractivity contribution in [3.8, 4) is 0 Å². The smallest absolute Gasteiger partial charge is 0.0833 e. The van der Waals surface area contributed by atoms with E-state index in [9.17, 15) is 5.11 Å². The van der Waals surface area contributed by atoms with Crippen molar-refractivity contribution in [2.45, 2.75) is 45.3 Å². The van der Waals surface area contributed by atoms with Gasteiger partial charge >= 0.3 is 0 Å². The number of hydrogen-bond donors (Lipinski definition) is 1. The van der Waals surface area contributed by atoms with Crippen LogP contribution in [0.15, 0.2) is 12.2 Å². The third-order valence-electron chi connectivity index (χ3n) is 1.91. The molecular formula is C10H20O2. The fourth-order valence-corrected chi connectivity index (χ4v) is 0.869. The Kier molecular flexibility index (Phi) is 7.11. The third-order valence-corrected chi connectivity index (χ3v) is 1.91. The summed E-state index contributed by atoms with van der Waals surface area (Å²) < 4.78 is 4.99. The molecule has 0 amide bonds. The minimum absolute atomic E-state index is 0.0729. The van der Waals surface area contributed by atoms with Gasteiger partial charge in [-0.15, -0.1) is 0 Å². The number of unbranched alkanes of at least 4 members (excludes halogenated alkanes) is 1. The Morgan fingerprint density at radius 1 is 1.42 bits per heavy atom. The molecule has 0 heterocycles. The van der Waals surface area contributed by atoms with Crippen molar-refractivity contribution in [1.82, 2.24) is 0 Å². The van der Waals surface area contributed by atoms with Crippen molar-refractivity contribution < 1.29 is 9.84 Å². The van der Waals surface area contributed by atoms with E-state index in [1.54, 1.807) is 7.11 Å². The van der Waals surface area contributed by atoms with Crippen LogP contribution in [0.2, 0.25) is 0 Å². The van der Waals surface area contributed by atoms with E-state index < -0.39 is 0 Å². The van der Waals surface area contributed by atoms with Gasteiger partial charge in [0.2, 0.25) is 0 Å². The lowest BCUT2D eigenvalue weighted by Gasteiger charge is -2.14. The van der Waals surface area contributed by atoms with Gasteiger partial charge in [-0.2, -0.15) is 0 Å². The first-order valence-corrected chi connectivity index (χ1v) is 4.58. The van der Waals surface area contributed by atoms with Crippen LogP contribution in [0, 0.1) is 0 Å². The second-order valence-corrected chi connectivity index (χ2v) is 3.00. The van der Waals surface area contributed by atoms with Crippen LogP contribution in [0.5, 0.6) is 0 Å². The van der Waals surface area contributed by atoms with Crippen molar-refractivity contribution in [3.05, 3.63) is 12.2 Å². The number of methoxy groups -OCH3 is 1. The Hall–Kier alpha value is -0.340. The summed E-state index contributed by atoms with van der Waals surface area (Å²) in [5.74, 6) is 0. The van der Waals surface area contributed by atoms with Gasteiger partial charge in [0.05, 0.1) is 12.2 Å². The van der Waals surface area contributed by atoms with Gasteiger partial charge in [0.15, 0.2) is 0 Å². The van der Waals surface area contributed by atoms with E-state index in [0.29, 0.717) is 6.42 Å². The van der Waals surface area contributed by atoms with Crippen LogP contribution in [0.25, 0.3) is 0 Å². The molecule has 12 heavy (non-hydrogen) atoms. The van der Waals surface area contributed by atoms with Gasteiger partial charge in [-0.3, -0.25) is 0 Å². The first kappa shape index (κ1) is 11.7. The normalized spacial score (nSPS) is 16.7. The molecule has 1 N–H and O–H groups in total. The number of rotatable bonds is 6. The molecule has 2 unspecified atom stereocenters. The molecule has 0 rings (SSSR count). The minimum Gasteiger partial charge on any atom is -0.390 e. The van der Waals surface area contributed by atoms with Crippen LogP contribution in [-0.2, 0) is 4.74 Å². The lowest BCUT2D eigenvalue weighted by Crippen LogP contribution is -2.23. The van der Waals surface area contributed by atoms with Crippen molar-refractivity contribution in [3.63, 3.8) is 0 Å². The summed E-state index contributed by atoms with van der Waals surface area (Å²) in [6.07, 6.45) is 6.62. The highest BCUT2D eigenvalue weighted by molar-refractivity contribution is 4.85. The monoisotopic (exact) mass is 172 g/mol. The lowest BCUT2D eigenvalue weighted by atomic mass is 10.1. The van der Waals surface area contributed by atoms with Crippen molar-refractivity contribution in [2.24, 2.45) is 0 Å². The van der Waals surface area contributed by atoms with E-state index in [0.717, 1.165) is 12.8 Å². The summed E-state index contributed by atoms with van der Waals surface area (Å²) >= 11 is 0. The van der Waals surface area contributed by atoms with Crippen LogP contribution in [0.4, 0.5) is 0 Å². The number of allylic oxidation sites excluding steroid dienone is 1. The quantitative estimate of drug-likeness (QED) is 0.622. The summed E-state index contributed by atoms with van der Waals surface area (Å²) in [5, 5.41) is 9.44. The Labute approximate surface area is 75.2 Å². The molecule has 0 aromatic rings. The van der Waals surface area contributed by atoms with Crippen molar-refractivity contribution in [1.29, 1.82) is 0 Å². The zero-order valence-electron chi connectivity index (χ0n) is 8.29. The summed E-state index contributed by atoms with van der Waals surface area (Å²) in [6.45, 7) is 4.01. The van der Waals surface area contributed by atoms with E-state index in [4.69, 9.17) is 4.74 Å². The topological polar surface area (TPSA) is 29.5 Å². The first-order valence-electron chi connectivity index (χ1n) is 4.58. The zero-order chi connectivity index (χ0) is 9.40. The maximum atomic E-state index is 9.44. The van der Waals surface area contributed by atoms with Crippen LogP contribution < -0.4 is 0 Å². The van der Waals surface area contributed by atoms with E-state index in [2.05, 4.69) is 13.0 Å². The van der Waals surface area contributed by atoms with E-state index in [-0.39, 0.29) is 12.2 Å². The average Bonchev–Trinajstić information content (AvgIpc) is 2.10. The summed E-state index contributed by atoms with van der Waals surface area (Å²) in [4.78, 5) is 0. The van der Waals surface area contributed by atoms with Crippen molar-refractivity contribution in [2.75, 3.05) is 7.11 Å². The SMILES string of the molecule is CCCC=CCC(O)C(C)OC. The largest absolute Gasteiger partial charge is 0.390 e. The van der Waals surface area contributed by atoms with E-state index >= 15 is 0 Å². The standard InChI is InChI=1S/C10H20O2/c1-4-5-6-7-8-10(11)9(2)12-3/h6-7,9-11H,4-5,8H2,1-3H3.